The Bertz CT molecular complexity index is 1390. The Morgan fingerprint density at radius 1 is 1.03 bits per heavy atom. The van der Waals surface area contributed by atoms with Crippen molar-refractivity contribution < 1.29 is 18.7 Å². The smallest absolute Gasteiger partial charge is 0.248 e. The molecule has 1 aromatic heterocycles. The lowest BCUT2D eigenvalue weighted by molar-refractivity contribution is -0.111. The highest BCUT2D eigenvalue weighted by Gasteiger charge is 2.13. The molecule has 0 saturated heterocycles. The zero-order chi connectivity index (χ0) is 26.2. The van der Waals surface area contributed by atoms with Gasteiger partial charge in [0.25, 0.3) is 0 Å². The van der Waals surface area contributed by atoms with Gasteiger partial charge >= 0.3 is 0 Å². The van der Waals surface area contributed by atoms with Crippen LogP contribution in [-0.4, -0.2) is 48.0 Å². The van der Waals surface area contributed by atoms with Gasteiger partial charge in [-0.25, -0.2) is 14.4 Å². The van der Waals surface area contributed by atoms with Crippen LogP contribution in [0.3, 0.4) is 0 Å². The Hall–Kier alpha value is -4.50. The summed E-state index contributed by atoms with van der Waals surface area (Å²) in [5.74, 6) is 1.67. The highest BCUT2D eigenvalue weighted by atomic mass is 19.1. The van der Waals surface area contributed by atoms with E-state index in [0.717, 1.165) is 5.69 Å². The SMILES string of the molecule is CCOc1cc2ncnc(Nc3ccc(Oc4ccc(F)cc4)cc3)c2cc1NC(=O)/C=C/CN(C)C. The number of rotatable bonds is 10. The third-order valence-corrected chi connectivity index (χ3v) is 5.20. The minimum absolute atomic E-state index is 0.259. The molecule has 0 spiro atoms. The van der Waals surface area contributed by atoms with Crippen molar-refractivity contribution in [1.29, 1.82) is 0 Å². The van der Waals surface area contributed by atoms with Crippen molar-refractivity contribution in [3.8, 4) is 17.2 Å². The van der Waals surface area contributed by atoms with Crippen molar-refractivity contribution in [2.45, 2.75) is 6.92 Å². The van der Waals surface area contributed by atoms with Gasteiger partial charge in [-0.1, -0.05) is 6.08 Å². The summed E-state index contributed by atoms with van der Waals surface area (Å²) < 4.78 is 24.6. The Labute approximate surface area is 214 Å². The molecule has 1 heterocycles. The average molecular weight is 502 g/mol. The van der Waals surface area contributed by atoms with Crippen LogP contribution in [0, 0.1) is 5.82 Å². The first kappa shape index (κ1) is 25.6. The van der Waals surface area contributed by atoms with E-state index in [4.69, 9.17) is 9.47 Å². The van der Waals surface area contributed by atoms with Gasteiger partial charge in [0.05, 0.1) is 17.8 Å². The molecule has 4 aromatic rings. The molecule has 3 aromatic carbocycles. The number of amides is 1. The number of anilines is 3. The molecule has 4 rings (SSSR count). The summed E-state index contributed by atoms with van der Waals surface area (Å²) >= 11 is 0. The van der Waals surface area contributed by atoms with E-state index in [2.05, 4.69) is 20.6 Å². The fourth-order valence-corrected chi connectivity index (χ4v) is 3.48. The largest absolute Gasteiger partial charge is 0.492 e. The van der Waals surface area contributed by atoms with Crippen LogP contribution in [0.4, 0.5) is 21.6 Å². The van der Waals surface area contributed by atoms with Crippen molar-refractivity contribution in [3.05, 3.63) is 85.0 Å². The average Bonchev–Trinajstić information content (AvgIpc) is 2.87. The van der Waals surface area contributed by atoms with Gasteiger partial charge in [0.1, 0.15) is 35.2 Å². The van der Waals surface area contributed by atoms with Crippen LogP contribution in [0.15, 0.2) is 79.1 Å². The van der Waals surface area contributed by atoms with Crippen molar-refractivity contribution in [2.24, 2.45) is 0 Å². The fourth-order valence-electron chi connectivity index (χ4n) is 3.48. The molecule has 8 nitrogen and oxygen atoms in total. The fraction of sp³-hybridized carbons (Fsp3) is 0.179. The lowest BCUT2D eigenvalue weighted by Crippen LogP contribution is -2.13. The molecule has 0 atom stereocenters. The number of nitrogens with zero attached hydrogens (tertiary/aromatic N) is 3. The van der Waals surface area contributed by atoms with Gasteiger partial charge in [-0.05, 0) is 75.6 Å². The summed E-state index contributed by atoms with van der Waals surface area (Å²) in [6.45, 7) is 2.97. The third kappa shape index (κ3) is 7.02. The molecule has 0 bridgehead atoms. The summed E-state index contributed by atoms with van der Waals surface area (Å²) in [7, 11) is 3.86. The number of aromatic nitrogens is 2. The van der Waals surface area contributed by atoms with E-state index >= 15 is 0 Å². The third-order valence-electron chi connectivity index (χ3n) is 5.20. The van der Waals surface area contributed by atoms with E-state index in [1.54, 1.807) is 42.5 Å². The quantitative estimate of drug-likeness (QED) is 0.267. The van der Waals surface area contributed by atoms with Crippen molar-refractivity contribution in [1.82, 2.24) is 14.9 Å². The number of hydrogen-bond acceptors (Lipinski definition) is 7. The molecule has 0 aliphatic rings. The number of ether oxygens (including phenoxy) is 2. The molecule has 0 saturated carbocycles. The summed E-state index contributed by atoms with van der Waals surface area (Å²) in [6, 6.07) is 16.7. The Kier molecular flexibility index (Phi) is 8.27. The summed E-state index contributed by atoms with van der Waals surface area (Å²) in [5.41, 5.74) is 1.96. The van der Waals surface area contributed by atoms with Crippen LogP contribution in [0.25, 0.3) is 10.9 Å². The molecular weight excluding hydrogens is 473 g/mol. The van der Waals surface area contributed by atoms with E-state index in [1.807, 2.05) is 38.1 Å². The summed E-state index contributed by atoms with van der Waals surface area (Å²) in [6.07, 6.45) is 4.75. The molecule has 0 radical (unpaired) electrons. The molecule has 0 unspecified atom stereocenters. The van der Waals surface area contributed by atoms with E-state index in [0.29, 0.717) is 52.8 Å². The molecule has 0 aliphatic heterocycles. The molecule has 1 amide bonds. The first-order chi connectivity index (χ1) is 17.9. The second-order valence-corrected chi connectivity index (χ2v) is 8.38. The monoisotopic (exact) mass is 501 g/mol. The van der Waals surface area contributed by atoms with Crippen molar-refractivity contribution in [3.63, 3.8) is 0 Å². The van der Waals surface area contributed by atoms with Crippen LogP contribution in [0.1, 0.15) is 6.92 Å². The van der Waals surface area contributed by atoms with E-state index in [9.17, 15) is 9.18 Å². The van der Waals surface area contributed by atoms with Gasteiger partial charge in [0.15, 0.2) is 0 Å². The molecule has 9 heteroatoms. The van der Waals surface area contributed by atoms with Gasteiger partial charge in [-0.3, -0.25) is 4.79 Å². The maximum Gasteiger partial charge on any atom is 0.248 e. The van der Waals surface area contributed by atoms with Gasteiger partial charge in [0, 0.05) is 29.8 Å². The number of carbonyl (C=O) groups excluding carboxylic acids is 1. The van der Waals surface area contributed by atoms with Crippen LogP contribution >= 0.6 is 0 Å². The molecule has 2 N–H and O–H groups in total. The number of likely N-dealkylation sites (N-methyl/N-ethyl adjacent to an activating group) is 1. The predicted molar refractivity (Wildman–Crippen MR) is 143 cm³/mol. The molecular formula is C28H28FN5O3. The van der Waals surface area contributed by atoms with Gasteiger partial charge in [-0.2, -0.15) is 0 Å². The maximum absolute atomic E-state index is 13.1. The normalized spacial score (nSPS) is 11.2. The molecule has 0 fully saturated rings. The lowest BCUT2D eigenvalue weighted by Gasteiger charge is -2.14. The van der Waals surface area contributed by atoms with Crippen molar-refractivity contribution >= 4 is 34.0 Å². The summed E-state index contributed by atoms with van der Waals surface area (Å²) in [5, 5.41) is 6.90. The van der Waals surface area contributed by atoms with Gasteiger partial charge < -0.3 is 25.0 Å². The number of halogens is 1. The highest BCUT2D eigenvalue weighted by Crippen LogP contribution is 2.34. The summed E-state index contributed by atoms with van der Waals surface area (Å²) in [4.78, 5) is 23.2. The lowest BCUT2D eigenvalue weighted by atomic mass is 10.1. The second-order valence-electron chi connectivity index (χ2n) is 8.38. The van der Waals surface area contributed by atoms with Crippen LogP contribution in [0.2, 0.25) is 0 Å². The topological polar surface area (TPSA) is 88.6 Å². The van der Waals surface area contributed by atoms with Crippen LogP contribution in [0.5, 0.6) is 17.2 Å². The zero-order valence-corrected chi connectivity index (χ0v) is 20.9. The minimum atomic E-state index is -0.319. The molecule has 0 aliphatic carbocycles. The number of nitrogens with one attached hydrogen (secondary N) is 2. The van der Waals surface area contributed by atoms with E-state index in [-0.39, 0.29) is 11.7 Å². The molecule has 190 valence electrons. The first-order valence-corrected chi connectivity index (χ1v) is 11.8. The van der Waals surface area contributed by atoms with Gasteiger partial charge in [-0.15, -0.1) is 0 Å². The number of carbonyl (C=O) groups is 1. The number of fused-ring (bicyclic) bond motifs is 1. The van der Waals surface area contributed by atoms with E-state index < -0.39 is 0 Å². The number of hydrogen-bond donors (Lipinski definition) is 2. The Morgan fingerprint density at radius 3 is 2.41 bits per heavy atom. The predicted octanol–water partition coefficient (Wildman–Crippen LogP) is 5.76. The standard InChI is InChI=1S/C28H28FN5O3/c1-4-36-26-17-24-23(16-25(26)33-27(35)6-5-15-34(2)3)28(31-18-30-24)32-20-9-13-22(14-10-20)37-21-11-7-19(29)8-12-21/h5-14,16-18H,4,15H2,1-3H3,(H,33,35)(H,30,31,32)/b6-5+. The maximum atomic E-state index is 13.1. The van der Waals surface area contributed by atoms with Crippen LogP contribution < -0.4 is 20.1 Å². The first-order valence-electron chi connectivity index (χ1n) is 11.8. The minimum Gasteiger partial charge on any atom is -0.492 e. The number of benzene rings is 3. The Morgan fingerprint density at radius 2 is 1.73 bits per heavy atom. The van der Waals surface area contributed by atoms with E-state index in [1.165, 1.54) is 24.5 Å². The zero-order valence-electron chi connectivity index (χ0n) is 20.9. The Balaban J connectivity index is 1.56. The van der Waals surface area contributed by atoms with Crippen molar-refractivity contribution in [2.75, 3.05) is 37.9 Å². The van der Waals surface area contributed by atoms with Crippen LogP contribution in [-0.2, 0) is 4.79 Å². The van der Waals surface area contributed by atoms with Gasteiger partial charge in [0.2, 0.25) is 5.91 Å². The highest BCUT2D eigenvalue weighted by molar-refractivity contribution is 6.03. The molecule has 37 heavy (non-hydrogen) atoms. The second kappa shape index (κ2) is 12.0.